The minimum atomic E-state index is -3.38. The van der Waals surface area contributed by atoms with Gasteiger partial charge in [-0.3, -0.25) is 0 Å². The Bertz CT molecular complexity index is 486. The summed E-state index contributed by atoms with van der Waals surface area (Å²) in [6.07, 6.45) is 2.68. The van der Waals surface area contributed by atoms with Crippen LogP contribution in [0.5, 0.6) is 0 Å². The fourth-order valence-corrected chi connectivity index (χ4v) is 3.27. The van der Waals surface area contributed by atoms with Gasteiger partial charge in [-0.1, -0.05) is 18.6 Å². The molecular weight excluding hydrogens is 270 g/mol. The predicted octanol–water partition coefficient (Wildman–Crippen LogP) is 2.99. The van der Waals surface area contributed by atoms with E-state index >= 15 is 0 Å². The van der Waals surface area contributed by atoms with Gasteiger partial charge in [0.25, 0.3) is 0 Å². The number of hydrogen-bond donors (Lipinski definition) is 1. The van der Waals surface area contributed by atoms with Crippen molar-refractivity contribution in [2.45, 2.75) is 38.0 Å². The van der Waals surface area contributed by atoms with Crippen LogP contribution in [0.3, 0.4) is 0 Å². The van der Waals surface area contributed by atoms with Gasteiger partial charge in [-0.05, 0) is 43.9 Å². The summed E-state index contributed by atoms with van der Waals surface area (Å²) >= 11 is 5.57. The minimum Gasteiger partial charge on any atom is -0.211 e. The van der Waals surface area contributed by atoms with Crippen LogP contribution in [0.2, 0.25) is 0 Å². The molecule has 3 nitrogen and oxygen atoms in total. The van der Waals surface area contributed by atoms with E-state index in [2.05, 4.69) is 4.72 Å². The fourth-order valence-electron chi connectivity index (χ4n) is 1.68. The van der Waals surface area contributed by atoms with Gasteiger partial charge in [0.15, 0.2) is 0 Å². The average molecular weight is 290 g/mol. The standard InChI is InChI=1S/C13H20ClNO2S/c1-11-6-7-12(2)13(10-11)18(16,17)15-9-5-3-4-8-14/h6-7,10,15H,3-5,8-9H2,1-2H3. The molecule has 102 valence electrons. The Labute approximate surface area is 115 Å². The monoisotopic (exact) mass is 289 g/mol. The predicted molar refractivity (Wildman–Crippen MR) is 75.7 cm³/mol. The number of rotatable bonds is 7. The third-order valence-corrected chi connectivity index (χ3v) is 4.61. The average Bonchev–Trinajstić information content (AvgIpc) is 2.32. The summed E-state index contributed by atoms with van der Waals surface area (Å²) in [6.45, 7) is 4.16. The third-order valence-electron chi connectivity index (χ3n) is 2.74. The van der Waals surface area contributed by atoms with Crippen LogP contribution in [0, 0.1) is 13.8 Å². The van der Waals surface area contributed by atoms with Crippen LogP contribution in [-0.2, 0) is 10.0 Å². The van der Waals surface area contributed by atoms with Crippen molar-refractivity contribution in [3.8, 4) is 0 Å². The Kier molecular flexibility index (Phi) is 6.12. The summed E-state index contributed by atoms with van der Waals surface area (Å²) in [5, 5.41) is 0. The van der Waals surface area contributed by atoms with E-state index in [0.29, 0.717) is 17.3 Å². The first-order chi connectivity index (χ1) is 8.47. The fraction of sp³-hybridized carbons (Fsp3) is 0.538. The van der Waals surface area contributed by atoms with E-state index in [0.717, 1.165) is 30.4 Å². The first-order valence-corrected chi connectivity index (χ1v) is 8.12. The topological polar surface area (TPSA) is 46.2 Å². The maximum Gasteiger partial charge on any atom is 0.240 e. The van der Waals surface area contributed by atoms with Crippen LogP contribution in [-0.4, -0.2) is 20.8 Å². The highest BCUT2D eigenvalue weighted by atomic mass is 35.5. The highest BCUT2D eigenvalue weighted by Gasteiger charge is 2.15. The van der Waals surface area contributed by atoms with Crippen LogP contribution in [0.15, 0.2) is 23.1 Å². The molecule has 18 heavy (non-hydrogen) atoms. The van der Waals surface area contributed by atoms with Crippen molar-refractivity contribution in [1.29, 1.82) is 0 Å². The number of nitrogens with one attached hydrogen (secondary N) is 1. The van der Waals surface area contributed by atoms with Crippen molar-refractivity contribution in [1.82, 2.24) is 4.72 Å². The molecule has 0 unspecified atom stereocenters. The quantitative estimate of drug-likeness (QED) is 0.619. The first-order valence-electron chi connectivity index (χ1n) is 6.10. The van der Waals surface area contributed by atoms with Crippen molar-refractivity contribution in [2.75, 3.05) is 12.4 Å². The molecule has 0 bridgehead atoms. The summed E-state index contributed by atoms with van der Waals surface area (Å²) in [7, 11) is -3.38. The van der Waals surface area contributed by atoms with E-state index in [9.17, 15) is 8.42 Å². The molecular formula is C13H20ClNO2S. The number of alkyl halides is 1. The van der Waals surface area contributed by atoms with Crippen LogP contribution in [0.4, 0.5) is 0 Å². The highest BCUT2D eigenvalue weighted by Crippen LogP contribution is 2.16. The summed E-state index contributed by atoms with van der Waals surface area (Å²) < 4.78 is 26.8. The van der Waals surface area contributed by atoms with Gasteiger partial charge in [0.05, 0.1) is 4.90 Å². The number of benzene rings is 1. The van der Waals surface area contributed by atoms with Gasteiger partial charge in [-0.2, -0.15) is 0 Å². The van der Waals surface area contributed by atoms with E-state index in [1.165, 1.54) is 0 Å². The lowest BCUT2D eigenvalue weighted by Crippen LogP contribution is -2.25. The second-order valence-corrected chi connectivity index (χ2v) is 6.53. The van der Waals surface area contributed by atoms with Crippen LogP contribution in [0.25, 0.3) is 0 Å². The van der Waals surface area contributed by atoms with E-state index in [1.807, 2.05) is 26.0 Å². The molecule has 0 amide bonds. The first kappa shape index (κ1) is 15.5. The molecule has 0 aliphatic carbocycles. The van der Waals surface area contributed by atoms with Gasteiger partial charge < -0.3 is 0 Å². The van der Waals surface area contributed by atoms with Crippen molar-refractivity contribution in [2.24, 2.45) is 0 Å². The molecule has 0 radical (unpaired) electrons. The van der Waals surface area contributed by atoms with Gasteiger partial charge in [-0.25, -0.2) is 13.1 Å². The number of aryl methyl sites for hydroxylation is 2. The number of sulfonamides is 1. The molecule has 0 heterocycles. The summed E-state index contributed by atoms with van der Waals surface area (Å²) in [5.74, 6) is 0.629. The van der Waals surface area contributed by atoms with Crippen LogP contribution < -0.4 is 4.72 Å². The number of halogens is 1. The Hall–Kier alpha value is -0.580. The van der Waals surface area contributed by atoms with Gasteiger partial charge >= 0.3 is 0 Å². The SMILES string of the molecule is Cc1ccc(C)c(S(=O)(=O)NCCCCCCl)c1. The zero-order valence-corrected chi connectivity index (χ0v) is 12.4. The van der Waals surface area contributed by atoms with Crippen LogP contribution in [0.1, 0.15) is 30.4 Å². The molecule has 0 aliphatic rings. The van der Waals surface area contributed by atoms with Crippen molar-refractivity contribution in [3.63, 3.8) is 0 Å². The summed E-state index contributed by atoms with van der Waals surface area (Å²) in [6, 6.07) is 5.45. The molecule has 0 fully saturated rings. The molecule has 1 aromatic carbocycles. The highest BCUT2D eigenvalue weighted by molar-refractivity contribution is 7.89. The third kappa shape index (κ3) is 4.59. The van der Waals surface area contributed by atoms with Crippen molar-refractivity contribution < 1.29 is 8.42 Å². The lowest BCUT2D eigenvalue weighted by molar-refractivity contribution is 0.575. The number of unbranched alkanes of at least 4 members (excludes halogenated alkanes) is 2. The Balaban J connectivity index is 2.66. The van der Waals surface area contributed by atoms with Crippen molar-refractivity contribution >= 4 is 21.6 Å². The second-order valence-electron chi connectivity index (χ2n) is 4.42. The zero-order valence-electron chi connectivity index (χ0n) is 10.9. The molecule has 0 saturated heterocycles. The molecule has 0 aromatic heterocycles. The molecule has 0 aliphatic heterocycles. The Morgan fingerprint density at radius 2 is 1.89 bits per heavy atom. The smallest absolute Gasteiger partial charge is 0.211 e. The minimum absolute atomic E-state index is 0.375. The molecule has 5 heteroatoms. The molecule has 1 aromatic rings. The maximum atomic E-state index is 12.1. The summed E-state index contributed by atoms with van der Waals surface area (Å²) in [5.41, 5.74) is 1.72. The lowest BCUT2D eigenvalue weighted by Gasteiger charge is -2.10. The Morgan fingerprint density at radius 1 is 1.17 bits per heavy atom. The van der Waals surface area contributed by atoms with E-state index < -0.39 is 10.0 Å². The molecule has 0 saturated carbocycles. The van der Waals surface area contributed by atoms with Gasteiger partial charge in [0.2, 0.25) is 10.0 Å². The molecule has 1 rings (SSSR count). The van der Waals surface area contributed by atoms with E-state index in [1.54, 1.807) is 6.07 Å². The van der Waals surface area contributed by atoms with E-state index in [-0.39, 0.29) is 0 Å². The van der Waals surface area contributed by atoms with E-state index in [4.69, 9.17) is 11.6 Å². The zero-order chi connectivity index (χ0) is 13.6. The normalized spacial score (nSPS) is 11.7. The number of hydrogen-bond acceptors (Lipinski definition) is 2. The van der Waals surface area contributed by atoms with Gasteiger partial charge in [-0.15, -0.1) is 11.6 Å². The Morgan fingerprint density at radius 3 is 2.56 bits per heavy atom. The molecule has 0 atom stereocenters. The lowest BCUT2D eigenvalue weighted by atomic mass is 10.2. The maximum absolute atomic E-state index is 12.1. The van der Waals surface area contributed by atoms with Gasteiger partial charge in [0, 0.05) is 12.4 Å². The molecule has 0 spiro atoms. The summed E-state index contributed by atoms with van der Waals surface area (Å²) in [4.78, 5) is 0.375. The second kappa shape index (κ2) is 7.12. The molecule has 1 N–H and O–H groups in total. The van der Waals surface area contributed by atoms with Gasteiger partial charge in [0.1, 0.15) is 0 Å². The van der Waals surface area contributed by atoms with Crippen molar-refractivity contribution in [3.05, 3.63) is 29.3 Å². The van der Waals surface area contributed by atoms with Crippen LogP contribution >= 0.6 is 11.6 Å². The largest absolute Gasteiger partial charge is 0.240 e.